The molecule has 6 heteroatoms. The van der Waals surface area contributed by atoms with E-state index in [9.17, 15) is 0 Å². The van der Waals surface area contributed by atoms with Gasteiger partial charge < -0.3 is 5.32 Å². The molecule has 0 aliphatic heterocycles. The SMILES string of the molecule is CNCc1cccnc1Sc1ncnn1C. The summed E-state index contributed by atoms with van der Waals surface area (Å²) in [5.74, 6) is 0. The molecule has 1 N–H and O–H groups in total. The maximum absolute atomic E-state index is 4.36. The molecule has 0 unspecified atom stereocenters. The molecule has 0 fully saturated rings. The van der Waals surface area contributed by atoms with Gasteiger partial charge in [-0.3, -0.25) is 0 Å². The zero-order chi connectivity index (χ0) is 11.4. The molecule has 0 aliphatic carbocycles. The van der Waals surface area contributed by atoms with E-state index in [-0.39, 0.29) is 0 Å². The molecule has 0 saturated heterocycles. The highest BCUT2D eigenvalue weighted by molar-refractivity contribution is 7.99. The van der Waals surface area contributed by atoms with Crippen LogP contribution in [0.3, 0.4) is 0 Å². The van der Waals surface area contributed by atoms with Crippen LogP contribution in [0.25, 0.3) is 0 Å². The van der Waals surface area contributed by atoms with Crippen LogP contribution < -0.4 is 5.32 Å². The molecule has 0 amide bonds. The van der Waals surface area contributed by atoms with Gasteiger partial charge in [0.1, 0.15) is 11.4 Å². The van der Waals surface area contributed by atoms with Crippen molar-refractivity contribution >= 4 is 11.8 Å². The average Bonchev–Trinajstić information content (AvgIpc) is 2.68. The minimum atomic E-state index is 0.800. The first-order chi connectivity index (χ1) is 7.81. The van der Waals surface area contributed by atoms with Gasteiger partial charge in [0.05, 0.1) is 0 Å². The lowest BCUT2D eigenvalue weighted by molar-refractivity contribution is 0.683. The molecule has 0 spiro atoms. The molecule has 2 aromatic rings. The maximum Gasteiger partial charge on any atom is 0.192 e. The molecule has 0 radical (unpaired) electrons. The average molecular weight is 235 g/mol. The number of rotatable bonds is 4. The quantitative estimate of drug-likeness (QED) is 0.859. The summed E-state index contributed by atoms with van der Waals surface area (Å²) in [4.78, 5) is 8.52. The van der Waals surface area contributed by atoms with Gasteiger partial charge in [-0.15, -0.1) is 0 Å². The van der Waals surface area contributed by atoms with Crippen molar-refractivity contribution in [3.8, 4) is 0 Å². The van der Waals surface area contributed by atoms with Crippen molar-refractivity contribution in [3.05, 3.63) is 30.2 Å². The molecule has 5 nitrogen and oxygen atoms in total. The minimum absolute atomic E-state index is 0.800. The lowest BCUT2D eigenvalue weighted by Gasteiger charge is -2.06. The smallest absolute Gasteiger partial charge is 0.192 e. The van der Waals surface area contributed by atoms with E-state index >= 15 is 0 Å². The Morgan fingerprint density at radius 3 is 3.00 bits per heavy atom. The highest BCUT2D eigenvalue weighted by Crippen LogP contribution is 2.25. The summed E-state index contributed by atoms with van der Waals surface area (Å²) in [6, 6.07) is 4.00. The third kappa shape index (κ3) is 2.40. The first kappa shape index (κ1) is 11.1. The zero-order valence-corrected chi connectivity index (χ0v) is 10.0. The van der Waals surface area contributed by atoms with E-state index in [1.807, 2.05) is 20.2 Å². The largest absolute Gasteiger partial charge is 0.316 e. The van der Waals surface area contributed by atoms with E-state index in [0.29, 0.717) is 0 Å². The maximum atomic E-state index is 4.36. The Morgan fingerprint density at radius 2 is 2.31 bits per heavy atom. The molecule has 16 heavy (non-hydrogen) atoms. The van der Waals surface area contributed by atoms with Gasteiger partial charge >= 0.3 is 0 Å². The van der Waals surface area contributed by atoms with Crippen molar-refractivity contribution in [2.75, 3.05) is 7.05 Å². The van der Waals surface area contributed by atoms with Crippen LogP contribution in [-0.2, 0) is 13.6 Å². The fourth-order valence-electron chi connectivity index (χ4n) is 1.31. The molecule has 0 aliphatic rings. The summed E-state index contributed by atoms with van der Waals surface area (Å²) in [6.07, 6.45) is 3.33. The lowest BCUT2D eigenvalue weighted by atomic mass is 10.3. The van der Waals surface area contributed by atoms with Gasteiger partial charge in [-0.2, -0.15) is 5.10 Å². The Morgan fingerprint density at radius 1 is 1.44 bits per heavy atom. The molecule has 0 saturated carbocycles. The third-order valence-electron chi connectivity index (χ3n) is 2.08. The highest BCUT2D eigenvalue weighted by atomic mass is 32.2. The number of aromatic nitrogens is 4. The van der Waals surface area contributed by atoms with Gasteiger partial charge in [0, 0.05) is 19.8 Å². The molecule has 2 rings (SSSR count). The summed E-state index contributed by atoms with van der Waals surface area (Å²) in [6.45, 7) is 0.800. The van der Waals surface area contributed by atoms with Gasteiger partial charge in [-0.25, -0.2) is 14.6 Å². The van der Waals surface area contributed by atoms with E-state index in [4.69, 9.17) is 0 Å². The van der Waals surface area contributed by atoms with Crippen molar-refractivity contribution in [1.82, 2.24) is 25.1 Å². The fraction of sp³-hybridized carbons (Fsp3) is 0.300. The van der Waals surface area contributed by atoms with E-state index in [1.165, 1.54) is 11.8 Å². The number of aryl methyl sites for hydroxylation is 1. The first-order valence-electron chi connectivity index (χ1n) is 4.91. The monoisotopic (exact) mass is 235 g/mol. The second-order valence-electron chi connectivity index (χ2n) is 3.27. The van der Waals surface area contributed by atoms with E-state index in [0.717, 1.165) is 22.3 Å². The molecule has 84 valence electrons. The zero-order valence-electron chi connectivity index (χ0n) is 9.21. The van der Waals surface area contributed by atoms with Crippen molar-refractivity contribution in [2.45, 2.75) is 16.7 Å². The summed E-state index contributed by atoms with van der Waals surface area (Å²) >= 11 is 1.53. The van der Waals surface area contributed by atoms with Crippen LogP contribution >= 0.6 is 11.8 Å². The molecule has 0 atom stereocenters. The molecular weight excluding hydrogens is 222 g/mol. The fourth-order valence-corrected chi connectivity index (χ4v) is 2.14. The molecule has 0 bridgehead atoms. The van der Waals surface area contributed by atoms with Gasteiger partial charge in [-0.05, 0) is 30.4 Å². The van der Waals surface area contributed by atoms with Crippen LogP contribution in [-0.4, -0.2) is 26.8 Å². The molecule has 2 aromatic heterocycles. The van der Waals surface area contributed by atoms with Crippen molar-refractivity contribution in [2.24, 2.45) is 7.05 Å². The number of hydrogen-bond acceptors (Lipinski definition) is 5. The summed E-state index contributed by atoms with van der Waals surface area (Å²) in [5, 5.41) is 8.96. The number of pyridine rings is 1. The van der Waals surface area contributed by atoms with Crippen LogP contribution in [0.2, 0.25) is 0 Å². The second kappa shape index (κ2) is 5.09. The van der Waals surface area contributed by atoms with E-state index < -0.39 is 0 Å². The first-order valence-corrected chi connectivity index (χ1v) is 5.73. The Labute approximate surface area is 98.3 Å². The second-order valence-corrected chi connectivity index (χ2v) is 4.22. The topological polar surface area (TPSA) is 55.6 Å². The Hall–Kier alpha value is -1.40. The Kier molecular flexibility index (Phi) is 3.53. The van der Waals surface area contributed by atoms with Crippen LogP contribution in [0.5, 0.6) is 0 Å². The van der Waals surface area contributed by atoms with E-state index in [1.54, 1.807) is 17.2 Å². The van der Waals surface area contributed by atoms with Crippen molar-refractivity contribution in [1.29, 1.82) is 0 Å². The number of nitrogens with zero attached hydrogens (tertiary/aromatic N) is 4. The lowest BCUT2D eigenvalue weighted by Crippen LogP contribution is -2.07. The van der Waals surface area contributed by atoms with Crippen LogP contribution in [0.4, 0.5) is 0 Å². The predicted molar refractivity (Wildman–Crippen MR) is 62.1 cm³/mol. The van der Waals surface area contributed by atoms with Gasteiger partial charge in [0.2, 0.25) is 0 Å². The van der Waals surface area contributed by atoms with Crippen molar-refractivity contribution < 1.29 is 0 Å². The molecular formula is C10H13N5S. The Bertz CT molecular complexity index is 468. The standard InChI is InChI=1S/C10H13N5S/c1-11-6-8-4-3-5-12-9(8)16-10-13-7-14-15(10)2/h3-5,7,11H,6H2,1-2H3. The highest BCUT2D eigenvalue weighted by Gasteiger charge is 2.08. The van der Waals surface area contributed by atoms with Gasteiger partial charge in [0.15, 0.2) is 5.16 Å². The van der Waals surface area contributed by atoms with Crippen LogP contribution in [0, 0.1) is 0 Å². The normalized spacial score (nSPS) is 10.6. The molecule has 0 aromatic carbocycles. The number of hydrogen-bond donors (Lipinski definition) is 1. The third-order valence-corrected chi connectivity index (χ3v) is 3.19. The van der Waals surface area contributed by atoms with Crippen LogP contribution in [0.15, 0.2) is 34.8 Å². The van der Waals surface area contributed by atoms with E-state index in [2.05, 4.69) is 26.4 Å². The minimum Gasteiger partial charge on any atom is -0.316 e. The summed E-state index contributed by atoms with van der Waals surface area (Å²) in [7, 11) is 3.79. The molecule has 2 heterocycles. The Balaban J connectivity index is 2.24. The van der Waals surface area contributed by atoms with Gasteiger partial charge in [-0.1, -0.05) is 6.07 Å². The summed E-state index contributed by atoms with van der Waals surface area (Å²) in [5.41, 5.74) is 1.16. The summed E-state index contributed by atoms with van der Waals surface area (Å²) < 4.78 is 1.74. The van der Waals surface area contributed by atoms with Crippen molar-refractivity contribution in [3.63, 3.8) is 0 Å². The number of nitrogens with one attached hydrogen (secondary N) is 1. The van der Waals surface area contributed by atoms with Gasteiger partial charge in [0.25, 0.3) is 0 Å². The van der Waals surface area contributed by atoms with Crippen LogP contribution in [0.1, 0.15) is 5.56 Å². The predicted octanol–water partition coefficient (Wildman–Crippen LogP) is 1.08.